The second-order valence-corrected chi connectivity index (χ2v) is 5.99. The molecule has 8 nitrogen and oxygen atoms in total. The Bertz CT molecular complexity index is 780. The molecule has 0 spiro atoms. The lowest BCUT2D eigenvalue weighted by Gasteiger charge is -2.28. The second kappa shape index (κ2) is 7.96. The van der Waals surface area contributed by atoms with Crippen LogP contribution in [0, 0.1) is 5.82 Å². The molecule has 0 aliphatic carbocycles. The number of carbonyl (C=O) groups is 1. The summed E-state index contributed by atoms with van der Waals surface area (Å²) in [5.74, 6) is 0.749. The summed E-state index contributed by atoms with van der Waals surface area (Å²) in [6.07, 6.45) is 1.57. The van der Waals surface area contributed by atoms with Crippen LogP contribution < -0.4 is 20.4 Å². The van der Waals surface area contributed by atoms with Crippen molar-refractivity contribution < 1.29 is 13.9 Å². The molecule has 0 unspecified atom stereocenters. The molecule has 2 aromatic rings. The number of nitrogens with zero attached hydrogens (tertiary/aromatic N) is 4. The van der Waals surface area contributed by atoms with Crippen molar-refractivity contribution in [2.75, 3.05) is 60.8 Å². The molecule has 138 valence electrons. The van der Waals surface area contributed by atoms with Crippen molar-refractivity contribution in [3.05, 3.63) is 36.3 Å². The first kappa shape index (κ1) is 17.9. The monoisotopic (exact) mass is 360 g/mol. The number of morpholine rings is 1. The molecule has 2 amide bonds. The van der Waals surface area contributed by atoms with Crippen LogP contribution in [0.25, 0.3) is 0 Å². The van der Waals surface area contributed by atoms with Gasteiger partial charge in [0.25, 0.3) is 0 Å². The molecule has 0 radical (unpaired) electrons. The van der Waals surface area contributed by atoms with Crippen LogP contribution >= 0.6 is 0 Å². The molecule has 26 heavy (non-hydrogen) atoms. The molecule has 0 atom stereocenters. The summed E-state index contributed by atoms with van der Waals surface area (Å²) < 4.78 is 18.6. The zero-order chi connectivity index (χ0) is 18.5. The minimum atomic E-state index is -0.499. The molecule has 0 saturated carbocycles. The van der Waals surface area contributed by atoms with Gasteiger partial charge in [0, 0.05) is 32.9 Å². The van der Waals surface area contributed by atoms with Crippen LogP contribution in [-0.2, 0) is 4.74 Å². The van der Waals surface area contributed by atoms with Gasteiger partial charge in [-0.1, -0.05) is 6.07 Å². The van der Waals surface area contributed by atoms with E-state index in [1.54, 1.807) is 17.2 Å². The van der Waals surface area contributed by atoms with E-state index in [4.69, 9.17) is 4.74 Å². The van der Waals surface area contributed by atoms with Crippen LogP contribution in [0.4, 0.5) is 32.3 Å². The number of benzene rings is 1. The zero-order valence-corrected chi connectivity index (χ0v) is 14.7. The van der Waals surface area contributed by atoms with E-state index >= 15 is 0 Å². The van der Waals surface area contributed by atoms with Crippen LogP contribution in [0.3, 0.4) is 0 Å². The third-order valence-electron chi connectivity index (χ3n) is 3.80. The molecule has 1 aliphatic rings. The summed E-state index contributed by atoms with van der Waals surface area (Å²) in [6, 6.07) is 5.18. The quantitative estimate of drug-likeness (QED) is 0.870. The Morgan fingerprint density at radius 2 is 2.04 bits per heavy atom. The fourth-order valence-electron chi connectivity index (χ4n) is 2.56. The number of anilines is 4. The molecule has 1 aliphatic heterocycles. The first-order valence-corrected chi connectivity index (χ1v) is 8.23. The summed E-state index contributed by atoms with van der Waals surface area (Å²) in [5, 5.41) is 5.29. The molecule has 2 heterocycles. The maximum atomic E-state index is 13.2. The van der Waals surface area contributed by atoms with E-state index in [0.29, 0.717) is 36.4 Å². The number of nitrogens with one attached hydrogen (secondary N) is 2. The lowest BCUT2D eigenvalue weighted by atomic mass is 10.3. The average Bonchev–Trinajstić information content (AvgIpc) is 2.62. The molecule has 9 heteroatoms. The van der Waals surface area contributed by atoms with Crippen LogP contribution in [0.5, 0.6) is 0 Å². The van der Waals surface area contributed by atoms with Gasteiger partial charge < -0.3 is 25.2 Å². The van der Waals surface area contributed by atoms with E-state index in [9.17, 15) is 9.18 Å². The standard InChI is InChI=1S/C17H21FN6O2/c1-23(2)15-14(11-19-16(22-15)24-6-8-26-9-7-24)21-17(25)20-13-5-3-4-12(18)10-13/h3-5,10-11H,6-9H2,1-2H3,(H2,20,21,25). The minimum absolute atomic E-state index is 0.361. The number of aromatic nitrogens is 2. The van der Waals surface area contributed by atoms with Crippen molar-refractivity contribution in [3.8, 4) is 0 Å². The largest absolute Gasteiger partial charge is 0.378 e. The fourth-order valence-corrected chi connectivity index (χ4v) is 2.56. The van der Waals surface area contributed by atoms with Crippen LogP contribution in [0.1, 0.15) is 0 Å². The number of hydrogen-bond donors (Lipinski definition) is 2. The summed E-state index contributed by atoms with van der Waals surface area (Å²) in [7, 11) is 3.67. The summed E-state index contributed by atoms with van der Waals surface area (Å²) in [5.41, 5.74) is 0.820. The van der Waals surface area contributed by atoms with Crippen molar-refractivity contribution in [2.45, 2.75) is 0 Å². The highest BCUT2D eigenvalue weighted by Crippen LogP contribution is 2.24. The average molecular weight is 360 g/mol. The van der Waals surface area contributed by atoms with Gasteiger partial charge in [0.05, 0.1) is 19.4 Å². The smallest absolute Gasteiger partial charge is 0.323 e. The molecule has 1 fully saturated rings. The number of carbonyl (C=O) groups excluding carboxylic acids is 1. The number of urea groups is 1. The van der Waals surface area contributed by atoms with Gasteiger partial charge in [0.1, 0.15) is 11.5 Å². The summed E-state index contributed by atoms with van der Waals surface area (Å²) in [4.78, 5) is 24.9. The third-order valence-corrected chi connectivity index (χ3v) is 3.80. The third kappa shape index (κ3) is 4.37. The SMILES string of the molecule is CN(C)c1nc(N2CCOCC2)ncc1NC(=O)Nc1cccc(F)c1. The second-order valence-electron chi connectivity index (χ2n) is 5.99. The predicted molar refractivity (Wildman–Crippen MR) is 98.4 cm³/mol. The molecule has 1 aromatic carbocycles. The molecular formula is C17H21FN6O2. The van der Waals surface area contributed by atoms with Crippen LogP contribution in [0.15, 0.2) is 30.5 Å². The van der Waals surface area contributed by atoms with Crippen molar-refractivity contribution in [1.29, 1.82) is 0 Å². The molecule has 2 N–H and O–H groups in total. The maximum absolute atomic E-state index is 13.2. The number of halogens is 1. The number of hydrogen-bond acceptors (Lipinski definition) is 6. The van der Waals surface area contributed by atoms with Gasteiger partial charge in [0.15, 0.2) is 5.82 Å². The van der Waals surface area contributed by atoms with Gasteiger partial charge in [-0.25, -0.2) is 14.2 Å². The van der Waals surface area contributed by atoms with Gasteiger partial charge >= 0.3 is 6.03 Å². The van der Waals surface area contributed by atoms with E-state index < -0.39 is 11.8 Å². The van der Waals surface area contributed by atoms with Crippen LogP contribution in [0.2, 0.25) is 0 Å². The van der Waals surface area contributed by atoms with Crippen LogP contribution in [-0.4, -0.2) is 56.4 Å². The topological polar surface area (TPSA) is 82.6 Å². The number of ether oxygens (including phenoxy) is 1. The highest BCUT2D eigenvalue weighted by atomic mass is 19.1. The highest BCUT2D eigenvalue weighted by Gasteiger charge is 2.18. The van der Waals surface area contributed by atoms with Gasteiger partial charge in [-0.15, -0.1) is 0 Å². The van der Waals surface area contributed by atoms with Gasteiger partial charge in [0.2, 0.25) is 5.95 Å². The van der Waals surface area contributed by atoms with Gasteiger partial charge in [-0.3, -0.25) is 0 Å². The predicted octanol–water partition coefficient (Wildman–Crippen LogP) is 2.16. The Kier molecular flexibility index (Phi) is 5.47. The minimum Gasteiger partial charge on any atom is -0.378 e. The molecule has 3 rings (SSSR count). The lowest BCUT2D eigenvalue weighted by Crippen LogP contribution is -2.37. The normalized spacial score (nSPS) is 14.0. The van der Waals surface area contributed by atoms with E-state index in [1.165, 1.54) is 18.2 Å². The Hall–Kier alpha value is -2.94. The summed E-state index contributed by atoms with van der Waals surface area (Å²) in [6.45, 7) is 2.72. The lowest BCUT2D eigenvalue weighted by molar-refractivity contribution is 0.122. The summed E-state index contributed by atoms with van der Waals surface area (Å²) >= 11 is 0. The zero-order valence-electron chi connectivity index (χ0n) is 14.7. The molecule has 1 saturated heterocycles. The van der Waals surface area contributed by atoms with Crippen molar-refractivity contribution in [1.82, 2.24) is 9.97 Å². The first-order chi connectivity index (χ1) is 12.5. The van der Waals surface area contributed by atoms with E-state index in [2.05, 4.69) is 20.6 Å². The van der Waals surface area contributed by atoms with E-state index in [0.717, 1.165) is 13.1 Å². The van der Waals surface area contributed by atoms with Gasteiger partial charge in [-0.2, -0.15) is 4.98 Å². The van der Waals surface area contributed by atoms with Crippen molar-refractivity contribution >= 4 is 29.2 Å². The fraction of sp³-hybridized carbons (Fsp3) is 0.353. The first-order valence-electron chi connectivity index (χ1n) is 8.23. The van der Waals surface area contributed by atoms with E-state index in [1.807, 2.05) is 19.0 Å². The van der Waals surface area contributed by atoms with Crippen molar-refractivity contribution in [3.63, 3.8) is 0 Å². The highest BCUT2D eigenvalue weighted by molar-refractivity contribution is 6.01. The van der Waals surface area contributed by atoms with E-state index in [-0.39, 0.29) is 0 Å². The molecular weight excluding hydrogens is 339 g/mol. The molecule has 1 aromatic heterocycles. The Morgan fingerprint density at radius 1 is 1.27 bits per heavy atom. The number of rotatable bonds is 4. The molecule has 0 bridgehead atoms. The Balaban J connectivity index is 1.74. The number of amides is 2. The Labute approximate surface area is 151 Å². The van der Waals surface area contributed by atoms with Crippen molar-refractivity contribution in [2.24, 2.45) is 0 Å². The maximum Gasteiger partial charge on any atom is 0.323 e. The van der Waals surface area contributed by atoms with Gasteiger partial charge in [-0.05, 0) is 18.2 Å². The Morgan fingerprint density at radius 3 is 2.73 bits per heavy atom.